The van der Waals surface area contributed by atoms with E-state index in [9.17, 15) is 18.0 Å². The number of aryl methyl sites for hydroxylation is 1. The number of hydrogen-bond donors (Lipinski definition) is 2. The number of sulfone groups is 1. The molecule has 2 amide bonds. The predicted octanol–water partition coefficient (Wildman–Crippen LogP) is 3.15. The van der Waals surface area contributed by atoms with Gasteiger partial charge in [0.15, 0.2) is 0 Å². The number of nitrogens with one attached hydrogen (secondary N) is 2. The summed E-state index contributed by atoms with van der Waals surface area (Å²) in [6.45, 7) is 7.44. The summed E-state index contributed by atoms with van der Waals surface area (Å²) in [5, 5.41) is 9.78. The molecule has 2 heterocycles. The minimum absolute atomic E-state index is 0.00123. The number of carbonyl (C=O) groups is 2. The Kier molecular flexibility index (Phi) is 7.41. The van der Waals surface area contributed by atoms with Crippen molar-refractivity contribution in [2.75, 3.05) is 6.54 Å². The third-order valence-corrected chi connectivity index (χ3v) is 7.63. The van der Waals surface area contributed by atoms with Gasteiger partial charge < -0.3 is 15.4 Å². The summed E-state index contributed by atoms with van der Waals surface area (Å²) >= 11 is 0.939. The van der Waals surface area contributed by atoms with Crippen LogP contribution in [-0.2, 0) is 28.2 Å². The molecule has 34 heavy (non-hydrogen) atoms. The van der Waals surface area contributed by atoms with Gasteiger partial charge in [0.05, 0.1) is 23.8 Å². The van der Waals surface area contributed by atoms with Crippen LogP contribution in [0.3, 0.4) is 0 Å². The van der Waals surface area contributed by atoms with Gasteiger partial charge >= 0.3 is 6.09 Å². The SMILES string of the molecule is CCNC(=O)c1cc(-c2cnn(C)c2)cc(S(=O)(=O)c2cnc(CNC(=O)OC(C)(C)C)s2)c1. The first kappa shape index (κ1) is 25.4. The van der Waals surface area contributed by atoms with E-state index in [1.165, 1.54) is 18.3 Å². The molecular weight excluding hydrogens is 478 g/mol. The maximum Gasteiger partial charge on any atom is 0.408 e. The topological polar surface area (TPSA) is 132 Å². The van der Waals surface area contributed by atoms with E-state index in [0.717, 1.165) is 11.3 Å². The normalized spacial score (nSPS) is 11.8. The highest BCUT2D eigenvalue weighted by Gasteiger charge is 2.24. The quantitative estimate of drug-likeness (QED) is 0.504. The van der Waals surface area contributed by atoms with Crippen molar-refractivity contribution >= 4 is 33.2 Å². The van der Waals surface area contributed by atoms with Crippen molar-refractivity contribution in [2.45, 2.75) is 48.9 Å². The Labute approximate surface area is 202 Å². The number of aromatic nitrogens is 3. The molecule has 1 aromatic carbocycles. The molecule has 10 nitrogen and oxygen atoms in total. The van der Waals surface area contributed by atoms with Gasteiger partial charge in [-0.15, -0.1) is 11.3 Å². The Bertz CT molecular complexity index is 1310. The molecule has 0 bridgehead atoms. The summed E-state index contributed by atoms with van der Waals surface area (Å²) in [5.41, 5.74) is 0.796. The van der Waals surface area contributed by atoms with E-state index in [1.54, 1.807) is 57.9 Å². The van der Waals surface area contributed by atoms with E-state index >= 15 is 0 Å². The van der Waals surface area contributed by atoms with Crippen molar-refractivity contribution in [2.24, 2.45) is 7.05 Å². The lowest BCUT2D eigenvalue weighted by molar-refractivity contribution is 0.0523. The first-order chi connectivity index (χ1) is 15.9. The van der Waals surface area contributed by atoms with Crippen LogP contribution in [-0.4, -0.2) is 47.3 Å². The molecule has 0 saturated carbocycles. The molecule has 3 aromatic rings. The minimum atomic E-state index is -3.98. The summed E-state index contributed by atoms with van der Waals surface area (Å²) in [4.78, 5) is 28.5. The van der Waals surface area contributed by atoms with E-state index in [4.69, 9.17) is 4.74 Å². The molecule has 0 saturated heterocycles. The van der Waals surface area contributed by atoms with Crippen molar-refractivity contribution in [1.82, 2.24) is 25.4 Å². The van der Waals surface area contributed by atoms with Crippen molar-refractivity contribution < 1.29 is 22.7 Å². The third-order valence-electron chi connectivity index (χ3n) is 4.43. The van der Waals surface area contributed by atoms with Gasteiger partial charge in [-0.25, -0.2) is 18.2 Å². The van der Waals surface area contributed by atoms with Crippen molar-refractivity contribution in [1.29, 1.82) is 0 Å². The molecule has 2 aromatic heterocycles. The van der Waals surface area contributed by atoms with Gasteiger partial charge in [-0.05, 0) is 51.5 Å². The molecule has 0 aliphatic carbocycles. The molecule has 2 N–H and O–H groups in total. The zero-order chi connectivity index (χ0) is 25.1. The molecule has 0 radical (unpaired) electrons. The van der Waals surface area contributed by atoms with Crippen molar-refractivity contribution in [3.05, 3.63) is 47.4 Å². The van der Waals surface area contributed by atoms with Gasteiger partial charge in [0.1, 0.15) is 14.8 Å². The van der Waals surface area contributed by atoms with Gasteiger partial charge in [0, 0.05) is 30.9 Å². The average Bonchev–Trinajstić information content (AvgIpc) is 3.40. The Morgan fingerprint density at radius 3 is 2.47 bits per heavy atom. The molecule has 12 heteroatoms. The molecular formula is C22H27N5O5S2. The number of thiazole rings is 1. The first-order valence-electron chi connectivity index (χ1n) is 10.5. The van der Waals surface area contributed by atoms with E-state index < -0.39 is 21.5 Å². The number of amides is 2. The number of nitrogens with zero attached hydrogens (tertiary/aromatic N) is 3. The van der Waals surface area contributed by atoms with Crippen LogP contribution in [0.5, 0.6) is 0 Å². The number of hydrogen-bond acceptors (Lipinski definition) is 8. The number of ether oxygens (including phenoxy) is 1. The van der Waals surface area contributed by atoms with Crippen molar-refractivity contribution in [3.8, 4) is 11.1 Å². The lowest BCUT2D eigenvalue weighted by Gasteiger charge is -2.19. The van der Waals surface area contributed by atoms with Crippen LogP contribution < -0.4 is 10.6 Å². The number of benzene rings is 1. The second-order valence-corrected chi connectivity index (χ2v) is 11.7. The zero-order valence-electron chi connectivity index (χ0n) is 19.6. The van der Waals surface area contributed by atoms with Crippen LogP contribution in [0.25, 0.3) is 11.1 Å². The van der Waals surface area contributed by atoms with Gasteiger partial charge in [-0.3, -0.25) is 9.48 Å². The summed E-state index contributed by atoms with van der Waals surface area (Å²) in [6.07, 6.45) is 3.96. The third kappa shape index (κ3) is 6.20. The van der Waals surface area contributed by atoms with E-state index in [1.807, 2.05) is 0 Å². The molecule has 3 rings (SSSR count). The van der Waals surface area contributed by atoms with Gasteiger partial charge in [-0.1, -0.05) is 0 Å². The summed E-state index contributed by atoms with van der Waals surface area (Å²) in [7, 11) is -2.23. The van der Waals surface area contributed by atoms with Gasteiger partial charge in [-0.2, -0.15) is 5.10 Å². The second kappa shape index (κ2) is 9.94. The molecule has 0 aliphatic heterocycles. The Balaban J connectivity index is 1.91. The van der Waals surface area contributed by atoms with E-state index in [0.29, 0.717) is 22.7 Å². The molecule has 0 fully saturated rings. The molecule has 0 aliphatic rings. The summed E-state index contributed by atoms with van der Waals surface area (Å²) in [5.74, 6) is -0.378. The number of rotatable bonds is 7. The highest BCUT2D eigenvalue weighted by Crippen LogP contribution is 2.30. The highest BCUT2D eigenvalue weighted by molar-refractivity contribution is 7.93. The Morgan fingerprint density at radius 1 is 1.12 bits per heavy atom. The fourth-order valence-electron chi connectivity index (χ4n) is 2.96. The predicted molar refractivity (Wildman–Crippen MR) is 127 cm³/mol. The Morgan fingerprint density at radius 2 is 1.85 bits per heavy atom. The lowest BCUT2D eigenvalue weighted by Crippen LogP contribution is -2.32. The highest BCUT2D eigenvalue weighted by atomic mass is 32.2. The maximum atomic E-state index is 13.4. The zero-order valence-corrected chi connectivity index (χ0v) is 21.2. The fourth-order valence-corrected chi connectivity index (χ4v) is 5.55. The van der Waals surface area contributed by atoms with Crippen LogP contribution in [0.15, 0.2) is 45.9 Å². The van der Waals surface area contributed by atoms with Crippen molar-refractivity contribution in [3.63, 3.8) is 0 Å². The second-order valence-electron chi connectivity index (χ2n) is 8.44. The average molecular weight is 506 g/mol. The summed E-state index contributed by atoms with van der Waals surface area (Å²) < 4.78 is 33.6. The minimum Gasteiger partial charge on any atom is -0.444 e. The smallest absolute Gasteiger partial charge is 0.408 e. The van der Waals surface area contributed by atoms with Gasteiger partial charge in [0.25, 0.3) is 5.91 Å². The number of carbonyl (C=O) groups excluding carboxylic acids is 2. The number of alkyl carbamates (subject to hydrolysis) is 1. The maximum absolute atomic E-state index is 13.4. The Hall–Kier alpha value is -3.25. The van der Waals surface area contributed by atoms with Gasteiger partial charge in [0.2, 0.25) is 9.84 Å². The van der Waals surface area contributed by atoms with Crippen LogP contribution in [0, 0.1) is 0 Å². The lowest BCUT2D eigenvalue weighted by atomic mass is 10.1. The molecule has 0 unspecified atom stereocenters. The van der Waals surface area contributed by atoms with Crippen LogP contribution in [0.4, 0.5) is 4.79 Å². The van der Waals surface area contributed by atoms with Crippen LogP contribution >= 0.6 is 11.3 Å². The van der Waals surface area contributed by atoms with E-state index in [-0.39, 0.29) is 27.1 Å². The summed E-state index contributed by atoms with van der Waals surface area (Å²) in [6, 6.07) is 4.48. The first-order valence-corrected chi connectivity index (χ1v) is 12.8. The van der Waals surface area contributed by atoms with E-state index in [2.05, 4.69) is 20.7 Å². The monoisotopic (exact) mass is 505 g/mol. The molecule has 0 spiro atoms. The van der Waals surface area contributed by atoms with Crippen LogP contribution in [0.1, 0.15) is 43.1 Å². The van der Waals surface area contributed by atoms with Crippen LogP contribution in [0.2, 0.25) is 0 Å². The molecule has 182 valence electrons. The molecule has 0 atom stereocenters. The largest absolute Gasteiger partial charge is 0.444 e. The fraction of sp³-hybridized carbons (Fsp3) is 0.364. The standard InChI is InChI=1S/C22H27N5O5S2/c1-6-23-20(28)15-7-14(16-10-26-27(5)13-16)8-17(9-15)34(30,31)19-12-24-18(33-19)11-25-21(29)32-22(2,3)4/h7-10,12-13H,6,11H2,1-5H3,(H,23,28)(H,25,29).